The topological polar surface area (TPSA) is 54.7 Å². The van der Waals surface area contributed by atoms with Gasteiger partial charge in [0.2, 0.25) is 0 Å². The Kier molecular flexibility index (Phi) is 3.79. The zero-order chi connectivity index (χ0) is 12.3. The molecule has 1 unspecified atom stereocenters. The van der Waals surface area contributed by atoms with Gasteiger partial charge in [-0.1, -0.05) is 19.9 Å². The molecule has 3 heteroatoms. The molecule has 0 aliphatic rings. The molecule has 0 fully saturated rings. The van der Waals surface area contributed by atoms with Crippen molar-refractivity contribution in [2.75, 3.05) is 6.54 Å². The maximum absolute atomic E-state index is 5.62. The quantitative estimate of drug-likeness (QED) is 0.831. The average Bonchev–Trinajstić information content (AvgIpc) is 2.77. The lowest BCUT2D eigenvalue weighted by atomic mass is 10.1. The lowest BCUT2D eigenvalue weighted by Crippen LogP contribution is -2.11. The first-order chi connectivity index (χ1) is 8.22. The van der Waals surface area contributed by atoms with E-state index >= 15 is 0 Å². The number of hydrogen-bond donors (Lipinski definition) is 2. The van der Waals surface area contributed by atoms with Gasteiger partial charge in [-0.05, 0) is 43.0 Å². The van der Waals surface area contributed by atoms with Crippen molar-refractivity contribution in [2.45, 2.75) is 33.1 Å². The molecular weight excluding hydrogens is 210 g/mol. The molecule has 1 heterocycles. The van der Waals surface area contributed by atoms with E-state index in [1.54, 1.807) is 0 Å². The number of nitrogens with one attached hydrogen (secondary N) is 1. The Morgan fingerprint density at radius 3 is 2.94 bits per heavy atom. The van der Waals surface area contributed by atoms with Crippen LogP contribution in [0.25, 0.3) is 11.0 Å². The second kappa shape index (κ2) is 5.32. The van der Waals surface area contributed by atoms with Gasteiger partial charge >= 0.3 is 0 Å². The summed E-state index contributed by atoms with van der Waals surface area (Å²) in [5.41, 5.74) is 9.19. The van der Waals surface area contributed by atoms with Gasteiger partial charge in [0.25, 0.3) is 0 Å². The van der Waals surface area contributed by atoms with Crippen LogP contribution in [0.1, 0.15) is 31.7 Å². The minimum Gasteiger partial charge on any atom is -0.342 e. The Morgan fingerprint density at radius 2 is 2.24 bits per heavy atom. The largest absolute Gasteiger partial charge is 0.342 e. The lowest BCUT2D eigenvalue weighted by Gasteiger charge is -2.05. The first-order valence-electron chi connectivity index (χ1n) is 6.40. The van der Waals surface area contributed by atoms with Crippen molar-refractivity contribution in [3.05, 3.63) is 29.6 Å². The summed E-state index contributed by atoms with van der Waals surface area (Å²) in [5.74, 6) is 1.64. The fraction of sp³-hybridized carbons (Fsp3) is 0.500. The van der Waals surface area contributed by atoms with E-state index in [9.17, 15) is 0 Å². The van der Waals surface area contributed by atoms with E-state index in [4.69, 9.17) is 5.73 Å². The van der Waals surface area contributed by atoms with E-state index < -0.39 is 0 Å². The van der Waals surface area contributed by atoms with Crippen molar-refractivity contribution >= 4 is 11.0 Å². The Balaban J connectivity index is 2.14. The van der Waals surface area contributed by atoms with Crippen LogP contribution in [0.3, 0.4) is 0 Å². The summed E-state index contributed by atoms with van der Waals surface area (Å²) in [6.07, 6.45) is 3.14. The molecule has 1 aromatic heterocycles. The number of aromatic amines is 1. The normalized spacial score (nSPS) is 13.1. The number of H-pyrrole nitrogens is 1. The average molecular weight is 231 g/mol. The number of nitrogens with zero attached hydrogens (tertiary/aromatic N) is 1. The maximum atomic E-state index is 5.62. The number of imidazole rings is 1. The summed E-state index contributed by atoms with van der Waals surface area (Å²) in [5, 5.41) is 0. The molecule has 0 amide bonds. The van der Waals surface area contributed by atoms with Gasteiger partial charge in [0.1, 0.15) is 5.82 Å². The van der Waals surface area contributed by atoms with Gasteiger partial charge in [-0.3, -0.25) is 0 Å². The third-order valence-electron chi connectivity index (χ3n) is 3.28. The molecule has 0 saturated heterocycles. The SMILES string of the molecule is CCc1ccc2nc(CCC(C)CN)[nH]c2c1. The molecule has 2 aromatic rings. The van der Waals surface area contributed by atoms with Crippen LogP contribution in [0.4, 0.5) is 0 Å². The van der Waals surface area contributed by atoms with Crippen molar-refractivity contribution in [1.82, 2.24) is 9.97 Å². The number of aromatic nitrogens is 2. The Bertz CT molecular complexity index is 487. The van der Waals surface area contributed by atoms with Gasteiger partial charge in [0.05, 0.1) is 11.0 Å². The van der Waals surface area contributed by atoms with E-state index in [0.29, 0.717) is 5.92 Å². The molecule has 0 radical (unpaired) electrons. The molecule has 0 saturated carbocycles. The Labute approximate surface area is 102 Å². The maximum Gasteiger partial charge on any atom is 0.107 e. The third kappa shape index (κ3) is 2.86. The van der Waals surface area contributed by atoms with Crippen LogP contribution < -0.4 is 5.73 Å². The van der Waals surface area contributed by atoms with Crippen LogP contribution in [0.5, 0.6) is 0 Å². The third-order valence-corrected chi connectivity index (χ3v) is 3.28. The molecule has 0 spiro atoms. The van der Waals surface area contributed by atoms with Gasteiger partial charge in [-0.15, -0.1) is 0 Å². The van der Waals surface area contributed by atoms with Crippen LogP contribution in [0.2, 0.25) is 0 Å². The van der Waals surface area contributed by atoms with Crippen molar-refractivity contribution in [2.24, 2.45) is 11.7 Å². The number of fused-ring (bicyclic) bond motifs is 1. The van der Waals surface area contributed by atoms with Gasteiger partial charge in [-0.25, -0.2) is 4.98 Å². The summed E-state index contributed by atoms with van der Waals surface area (Å²) >= 11 is 0. The van der Waals surface area contributed by atoms with E-state index in [1.807, 2.05) is 0 Å². The monoisotopic (exact) mass is 231 g/mol. The molecule has 17 heavy (non-hydrogen) atoms. The minimum absolute atomic E-state index is 0.564. The fourth-order valence-electron chi connectivity index (χ4n) is 1.95. The molecule has 3 nitrogen and oxygen atoms in total. The first-order valence-corrected chi connectivity index (χ1v) is 6.40. The molecule has 0 aliphatic carbocycles. The van der Waals surface area contributed by atoms with Gasteiger partial charge in [0, 0.05) is 6.42 Å². The standard InChI is InChI=1S/C14H21N3/c1-3-11-5-6-12-13(8-11)17-14(16-12)7-4-10(2)9-15/h5-6,8,10H,3-4,7,9,15H2,1-2H3,(H,16,17). The van der Waals surface area contributed by atoms with Crippen molar-refractivity contribution in [3.63, 3.8) is 0 Å². The van der Waals surface area contributed by atoms with Crippen molar-refractivity contribution < 1.29 is 0 Å². The zero-order valence-corrected chi connectivity index (χ0v) is 10.7. The van der Waals surface area contributed by atoms with Gasteiger partial charge in [-0.2, -0.15) is 0 Å². The smallest absolute Gasteiger partial charge is 0.107 e. The summed E-state index contributed by atoms with van der Waals surface area (Å²) in [6, 6.07) is 6.44. The molecule has 1 aromatic carbocycles. The molecule has 1 atom stereocenters. The predicted octanol–water partition coefficient (Wildman–Crippen LogP) is 2.65. The molecule has 0 aliphatic heterocycles. The van der Waals surface area contributed by atoms with Crippen LogP contribution >= 0.6 is 0 Å². The molecule has 2 rings (SSSR count). The number of nitrogens with two attached hydrogens (primary N) is 1. The van der Waals surface area contributed by atoms with E-state index in [2.05, 4.69) is 42.0 Å². The number of rotatable bonds is 5. The minimum atomic E-state index is 0.564. The highest BCUT2D eigenvalue weighted by Gasteiger charge is 2.05. The van der Waals surface area contributed by atoms with E-state index in [1.165, 1.54) is 5.56 Å². The second-order valence-electron chi connectivity index (χ2n) is 4.77. The van der Waals surface area contributed by atoms with E-state index in [0.717, 1.165) is 42.7 Å². The van der Waals surface area contributed by atoms with Crippen LogP contribution in [0.15, 0.2) is 18.2 Å². The highest BCUT2D eigenvalue weighted by atomic mass is 14.9. The lowest BCUT2D eigenvalue weighted by molar-refractivity contribution is 0.538. The van der Waals surface area contributed by atoms with E-state index in [-0.39, 0.29) is 0 Å². The van der Waals surface area contributed by atoms with Crippen LogP contribution in [-0.4, -0.2) is 16.5 Å². The van der Waals surface area contributed by atoms with Gasteiger partial charge < -0.3 is 10.7 Å². The first kappa shape index (κ1) is 12.1. The van der Waals surface area contributed by atoms with Crippen LogP contribution in [-0.2, 0) is 12.8 Å². The Morgan fingerprint density at radius 1 is 1.41 bits per heavy atom. The number of hydrogen-bond acceptors (Lipinski definition) is 2. The zero-order valence-electron chi connectivity index (χ0n) is 10.7. The molecule has 0 bridgehead atoms. The number of aryl methyl sites for hydroxylation is 2. The van der Waals surface area contributed by atoms with Crippen molar-refractivity contribution in [1.29, 1.82) is 0 Å². The fourth-order valence-corrected chi connectivity index (χ4v) is 1.95. The summed E-state index contributed by atoms with van der Waals surface area (Å²) in [6.45, 7) is 5.10. The highest BCUT2D eigenvalue weighted by Crippen LogP contribution is 2.15. The highest BCUT2D eigenvalue weighted by molar-refractivity contribution is 5.75. The molecular formula is C14H21N3. The predicted molar refractivity (Wildman–Crippen MR) is 72.0 cm³/mol. The second-order valence-corrected chi connectivity index (χ2v) is 4.77. The Hall–Kier alpha value is -1.35. The molecule has 3 N–H and O–H groups in total. The summed E-state index contributed by atoms with van der Waals surface area (Å²) < 4.78 is 0. The summed E-state index contributed by atoms with van der Waals surface area (Å²) in [4.78, 5) is 8.00. The summed E-state index contributed by atoms with van der Waals surface area (Å²) in [7, 11) is 0. The van der Waals surface area contributed by atoms with Crippen molar-refractivity contribution in [3.8, 4) is 0 Å². The molecule has 92 valence electrons. The van der Waals surface area contributed by atoms with Crippen LogP contribution in [0, 0.1) is 5.92 Å². The number of benzene rings is 1. The van der Waals surface area contributed by atoms with Gasteiger partial charge in [0.15, 0.2) is 0 Å².